The van der Waals surface area contributed by atoms with Gasteiger partial charge in [-0.15, -0.1) is 0 Å². The molecule has 0 radical (unpaired) electrons. The maximum absolute atomic E-state index is 6.15. The lowest BCUT2D eigenvalue weighted by atomic mass is 9.97. The first kappa shape index (κ1) is 13.3. The highest BCUT2D eigenvalue weighted by molar-refractivity contribution is 6.31. The molecule has 0 fully saturated rings. The largest absolute Gasteiger partial charge is 0.439 e. The van der Waals surface area contributed by atoms with E-state index < -0.39 is 0 Å². The number of rotatable bonds is 3. The van der Waals surface area contributed by atoms with Crippen molar-refractivity contribution in [3.05, 3.63) is 46.4 Å². The van der Waals surface area contributed by atoms with Crippen molar-refractivity contribution in [1.29, 1.82) is 0 Å². The molecule has 1 aromatic heterocycles. The van der Waals surface area contributed by atoms with Gasteiger partial charge >= 0.3 is 0 Å². The number of hydrogen-bond donors (Lipinski definition) is 1. The van der Waals surface area contributed by atoms with Crippen LogP contribution >= 0.6 is 11.6 Å². The summed E-state index contributed by atoms with van der Waals surface area (Å²) in [5, 5.41) is 0.618. The predicted molar refractivity (Wildman–Crippen MR) is 78.1 cm³/mol. The Morgan fingerprint density at radius 2 is 2.05 bits per heavy atom. The molecule has 0 aliphatic heterocycles. The molecule has 2 aromatic rings. The Labute approximate surface area is 123 Å². The number of nitrogens with two attached hydrogens (primary N) is 1. The lowest BCUT2D eigenvalue weighted by molar-refractivity contribution is 0.447. The van der Waals surface area contributed by atoms with Crippen molar-refractivity contribution in [2.45, 2.75) is 32.2 Å². The van der Waals surface area contributed by atoms with Crippen LogP contribution in [0.1, 0.15) is 29.7 Å². The minimum absolute atomic E-state index is 0.419. The maximum Gasteiger partial charge on any atom is 0.225 e. The molecule has 0 amide bonds. The average Bonchev–Trinajstić information content (AvgIpc) is 2.48. The Morgan fingerprint density at radius 3 is 2.85 bits per heavy atom. The topological polar surface area (TPSA) is 61.0 Å². The number of benzene rings is 1. The van der Waals surface area contributed by atoms with Gasteiger partial charge in [0.15, 0.2) is 0 Å². The summed E-state index contributed by atoms with van der Waals surface area (Å²) in [7, 11) is 0. The summed E-state index contributed by atoms with van der Waals surface area (Å²) in [5.41, 5.74) is 8.73. The molecule has 1 aliphatic rings. The molecule has 0 spiro atoms. The van der Waals surface area contributed by atoms with E-state index in [1.54, 1.807) is 12.4 Å². The highest BCUT2D eigenvalue weighted by Crippen LogP contribution is 2.31. The van der Waals surface area contributed by atoms with Crippen LogP contribution in [0.15, 0.2) is 24.5 Å². The molecule has 0 saturated carbocycles. The molecule has 1 aliphatic carbocycles. The third-order valence-electron chi connectivity index (χ3n) is 3.54. The average molecular weight is 290 g/mol. The minimum atomic E-state index is 0.419. The van der Waals surface area contributed by atoms with Crippen LogP contribution in [0.3, 0.4) is 0 Å². The zero-order valence-corrected chi connectivity index (χ0v) is 11.9. The Hall–Kier alpha value is -1.65. The molecule has 3 rings (SSSR count). The van der Waals surface area contributed by atoms with E-state index in [1.807, 2.05) is 12.1 Å². The first-order valence-electron chi connectivity index (χ1n) is 6.77. The SMILES string of the molecule is NCc1ccc(Oc2ncnc3c2CCCC3)cc1Cl. The number of hydrogen-bond acceptors (Lipinski definition) is 4. The molecule has 4 nitrogen and oxygen atoms in total. The lowest BCUT2D eigenvalue weighted by Gasteiger charge is -2.17. The van der Waals surface area contributed by atoms with Crippen LogP contribution in [-0.2, 0) is 19.4 Å². The third kappa shape index (κ3) is 2.62. The van der Waals surface area contributed by atoms with Crippen molar-refractivity contribution >= 4 is 11.6 Å². The Morgan fingerprint density at radius 1 is 1.20 bits per heavy atom. The van der Waals surface area contributed by atoms with Gasteiger partial charge in [-0.25, -0.2) is 9.97 Å². The highest BCUT2D eigenvalue weighted by Gasteiger charge is 2.17. The van der Waals surface area contributed by atoms with Crippen molar-refractivity contribution in [3.63, 3.8) is 0 Å². The lowest BCUT2D eigenvalue weighted by Crippen LogP contribution is -2.08. The van der Waals surface area contributed by atoms with Crippen molar-refractivity contribution in [1.82, 2.24) is 9.97 Å². The summed E-state index contributed by atoms with van der Waals surface area (Å²) in [5.74, 6) is 1.32. The molecule has 0 saturated heterocycles. The summed E-state index contributed by atoms with van der Waals surface area (Å²) < 4.78 is 5.88. The fourth-order valence-electron chi connectivity index (χ4n) is 2.45. The van der Waals surface area contributed by atoms with Crippen LogP contribution < -0.4 is 10.5 Å². The van der Waals surface area contributed by atoms with Crippen LogP contribution in [0, 0.1) is 0 Å². The molecule has 20 heavy (non-hydrogen) atoms. The molecule has 0 atom stereocenters. The summed E-state index contributed by atoms with van der Waals surface area (Å²) in [6.45, 7) is 0.419. The van der Waals surface area contributed by atoms with Crippen LogP contribution in [0.4, 0.5) is 0 Å². The quantitative estimate of drug-likeness (QED) is 0.942. The molecule has 1 heterocycles. The highest BCUT2D eigenvalue weighted by atomic mass is 35.5. The molecular formula is C15H16ClN3O. The Bertz CT molecular complexity index is 631. The van der Waals surface area contributed by atoms with Crippen molar-refractivity contribution in [2.75, 3.05) is 0 Å². The van der Waals surface area contributed by atoms with E-state index in [9.17, 15) is 0 Å². The molecule has 1 aromatic carbocycles. The van der Waals surface area contributed by atoms with E-state index in [-0.39, 0.29) is 0 Å². The number of fused-ring (bicyclic) bond motifs is 1. The number of aromatic nitrogens is 2. The van der Waals surface area contributed by atoms with Gasteiger partial charge in [0.05, 0.1) is 5.69 Å². The summed E-state index contributed by atoms with van der Waals surface area (Å²) >= 11 is 6.15. The van der Waals surface area contributed by atoms with Crippen LogP contribution in [0.25, 0.3) is 0 Å². The molecule has 0 unspecified atom stereocenters. The molecule has 0 bridgehead atoms. The molecular weight excluding hydrogens is 274 g/mol. The van der Waals surface area contributed by atoms with Crippen molar-refractivity contribution in [3.8, 4) is 11.6 Å². The maximum atomic E-state index is 6.15. The minimum Gasteiger partial charge on any atom is -0.439 e. The number of halogens is 1. The van der Waals surface area contributed by atoms with Gasteiger partial charge in [-0.2, -0.15) is 0 Å². The number of ether oxygens (including phenoxy) is 1. The molecule has 5 heteroatoms. The van der Waals surface area contributed by atoms with E-state index in [2.05, 4.69) is 9.97 Å². The van der Waals surface area contributed by atoms with Gasteiger partial charge in [0, 0.05) is 17.1 Å². The Kier molecular flexibility index (Phi) is 3.85. The van der Waals surface area contributed by atoms with Gasteiger partial charge in [0.2, 0.25) is 5.88 Å². The first-order chi connectivity index (χ1) is 9.78. The second kappa shape index (κ2) is 5.77. The number of aryl methyl sites for hydroxylation is 1. The summed E-state index contributed by atoms with van der Waals surface area (Å²) in [6.07, 6.45) is 5.88. The zero-order chi connectivity index (χ0) is 13.9. The zero-order valence-electron chi connectivity index (χ0n) is 11.1. The Balaban J connectivity index is 1.90. The van der Waals surface area contributed by atoms with E-state index in [0.717, 1.165) is 36.1 Å². The van der Waals surface area contributed by atoms with E-state index in [4.69, 9.17) is 22.1 Å². The van der Waals surface area contributed by atoms with Gasteiger partial charge in [-0.05, 0) is 43.4 Å². The van der Waals surface area contributed by atoms with E-state index in [1.165, 1.54) is 6.42 Å². The third-order valence-corrected chi connectivity index (χ3v) is 3.90. The predicted octanol–water partition coefficient (Wildman–Crippen LogP) is 3.26. The van der Waals surface area contributed by atoms with Crippen molar-refractivity contribution < 1.29 is 4.74 Å². The van der Waals surface area contributed by atoms with Gasteiger partial charge in [-0.3, -0.25) is 0 Å². The van der Waals surface area contributed by atoms with Gasteiger partial charge in [0.1, 0.15) is 12.1 Å². The van der Waals surface area contributed by atoms with Crippen LogP contribution in [0.5, 0.6) is 11.6 Å². The fourth-order valence-corrected chi connectivity index (χ4v) is 2.70. The molecule has 2 N–H and O–H groups in total. The summed E-state index contributed by atoms with van der Waals surface area (Å²) in [4.78, 5) is 8.59. The van der Waals surface area contributed by atoms with Crippen LogP contribution in [0.2, 0.25) is 5.02 Å². The second-order valence-electron chi connectivity index (χ2n) is 4.87. The normalized spacial score (nSPS) is 13.9. The van der Waals surface area contributed by atoms with Crippen LogP contribution in [-0.4, -0.2) is 9.97 Å². The monoisotopic (exact) mass is 289 g/mol. The fraction of sp³-hybridized carbons (Fsp3) is 0.333. The van der Waals surface area contributed by atoms with E-state index >= 15 is 0 Å². The second-order valence-corrected chi connectivity index (χ2v) is 5.28. The van der Waals surface area contributed by atoms with Gasteiger partial charge in [0.25, 0.3) is 0 Å². The summed E-state index contributed by atoms with van der Waals surface area (Å²) in [6, 6.07) is 5.53. The van der Waals surface area contributed by atoms with Gasteiger partial charge < -0.3 is 10.5 Å². The standard InChI is InChI=1S/C15H16ClN3O/c16-13-7-11(6-5-10(13)8-17)20-15-12-3-1-2-4-14(12)18-9-19-15/h5-7,9H,1-4,8,17H2. The first-order valence-corrected chi connectivity index (χ1v) is 7.15. The number of nitrogens with zero attached hydrogens (tertiary/aromatic N) is 2. The van der Waals surface area contributed by atoms with Crippen molar-refractivity contribution in [2.24, 2.45) is 5.73 Å². The molecule has 104 valence electrons. The van der Waals surface area contributed by atoms with Gasteiger partial charge in [-0.1, -0.05) is 17.7 Å². The van der Waals surface area contributed by atoms with E-state index in [0.29, 0.717) is 23.2 Å². The smallest absolute Gasteiger partial charge is 0.225 e.